The lowest BCUT2D eigenvalue weighted by Gasteiger charge is -2.40. The van der Waals surface area contributed by atoms with E-state index in [4.69, 9.17) is 9.47 Å². The highest BCUT2D eigenvalue weighted by Crippen LogP contribution is 2.48. The number of hydrogen-bond donors (Lipinski definition) is 4. The summed E-state index contributed by atoms with van der Waals surface area (Å²) in [6.07, 6.45) is -3.77. The minimum Gasteiger partial charge on any atom is -0.496 e. The number of imidazole rings is 2. The van der Waals surface area contributed by atoms with Crippen LogP contribution in [0.25, 0.3) is 22.1 Å². The zero-order chi connectivity index (χ0) is 51.1. The van der Waals surface area contributed by atoms with Crippen LogP contribution in [-0.2, 0) is 0 Å². The number of hydrogen-bond acceptors (Lipinski definition) is 10. The van der Waals surface area contributed by atoms with Gasteiger partial charge in [0.25, 0.3) is 0 Å². The number of methoxy groups -OCH3 is 2. The van der Waals surface area contributed by atoms with Crippen LogP contribution < -0.4 is 29.6 Å². The number of fused-ring (bicyclic) bond motifs is 2. The van der Waals surface area contributed by atoms with Gasteiger partial charge in [-0.1, -0.05) is 49.0 Å². The van der Waals surface area contributed by atoms with Crippen LogP contribution >= 0.6 is 0 Å². The van der Waals surface area contributed by atoms with Gasteiger partial charge in [0.2, 0.25) is 11.9 Å². The molecule has 0 spiro atoms. The highest BCUT2D eigenvalue weighted by atomic mass is 19.4. The molecule has 2 aromatic heterocycles. The topological polar surface area (TPSA) is 171 Å². The van der Waals surface area contributed by atoms with E-state index in [0.29, 0.717) is 46.1 Å². The van der Waals surface area contributed by atoms with Gasteiger partial charge in [-0.25, -0.2) is 19.6 Å². The second-order valence-corrected chi connectivity index (χ2v) is 19.8. The predicted molar refractivity (Wildman–Crippen MR) is 258 cm³/mol. The van der Waals surface area contributed by atoms with E-state index in [-0.39, 0.29) is 64.5 Å². The Morgan fingerprint density at radius 3 is 1.23 bits per heavy atom. The molecule has 0 unspecified atom stereocenters. The Kier molecular flexibility index (Phi) is 15.4. The number of carboxylic acid groups (broad SMARTS) is 2. The maximum atomic E-state index is 12.5. The molecule has 4 aromatic carbocycles. The number of rotatable bonds is 12. The van der Waals surface area contributed by atoms with Crippen LogP contribution in [-0.4, -0.2) is 68.2 Å². The Morgan fingerprint density at radius 2 is 0.944 bits per heavy atom. The molecule has 2 heterocycles. The molecule has 20 heteroatoms. The molecule has 4 N–H and O–H groups in total. The van der Waals surface area contributed by atoms with Crippen LogP contribution in [0.2, 0.25) is 0 Å². The van der Waals surface area contributed by atoms with Gasteiger partial charge in [-0.05, 0) is 122 Å². The third-order valence-electron chi connectivity index (χ3n) is 12.6. The lowest BCUT2D eigenvalue weighted by Crippen LogP contribution is -2.29. The van der Waals surface area contributed by atoms with E-state index in [1.807, 2.05) is 0 Å². The number of anilines is 4. The van der Waals surface area contributed by atoms with E-state index in [1.165, 1.54) is 74.9 Å². The Bertz CT molecular complexity index is 2660. The number of carboxylic acids is 2. The quantitative estimate of drug-likeness (QED) is 0.0857. The zero-order valence-electron chi connectivity index (χ0n) is 39.9. The smallest absolute Gasteiger partial charge is 0.496 e. The standard InChI is InChI=1S/2C25H28F3N3O4.CH4/c2*1-14-9-16(13-24(2,3)12-14)31-20-11-21(34-4)18(22(32)33)10-19(20)30-23(31)29-15-5-7-17(8-6-15)35-25(26,27)28;/h2*5-8,10-11,14,16H,9,12-13H2,1-4H3,(H,29,30)(H,32,33);1H4/t2*14-,16+;/m10./s1. The van der Waals surface area contributed by atoms with Gasteiger partial charge in [-0.3, -0.25) is 0 Å². The Morgan fingerprint density at radius 1 is 0.606 bits per heavy atom. The van der Waals surface area contributed by atoms with Crippen LogP contribution in [0.4, 0.5) is 49.6 Å². The summed E-state index contributed by atoms with van der Waals surface area (Å²) in [5.41, 5.74) is 3.65. The van der Waals surface area contributed by atoms with Crippen LogP contribution in [0, 0.1) is 22.7 Å². The molecule has 4 atom stereocenters. The first-order valence-corrected chi connectivity index (χ1v) is 22.6. The van der Waals surface area contributed by atoms with Gasteiger partial charge in [0.1, 0.15) is 34.1 Å². The summed E-state index contributed by atoms with van der Waals surface area (Å²) >= 11 is 0. The van der Waals surface area contributed by atoms with Crippen LogP contribution in [0.1, 0.15) is 120 Å². The number of carbonyl (C=O) groups is 2. The van der Waals surface area contributed by atoms with E-state index in [9.17, 15) is 46.1 Å². The van der Waals surface area contributed by atoms with E-state index in [2.05, 4.69) is 80.8 Å². The largest absolute Gasteiger partial charge is 0.573 e. The molecular formula is C51H60F6N6O8. The Labute approximate surface area is 407 Å². The molecule has 71 heavy (non-hydrogen) atoms. The maximum absolute atomic E-state index is 12.5. The number of benzene rings is 4. The van der Waals surface area contributed by atoms with E-state index in [0.717, 1.165) is 49.6 Å². The maximum Gasteiger partial charge on any atom is 0.573 e. The predicted octanol–water partition coefficient (Wildman–Crippen LogP) is 14.2. The molecule has 6 aromatic rings. The van der Waals surface area contributed by atoms with Crippen molar-refractivity contribution in [3.63, 3.8) is 0 Å². The normalized spacial score (nSPS) is 19.7. The van der Waals surface area contributed by atoms with Gasteiger partial charge >= 0.3 is 24.7 Å². The van der Waals surface area contributed by atoms with Gasteiger partial charge in [-0.2, -0.15) is 0 Å². The van der Waals surface area contributed by atoms with Gasteiger partial charge in [0.15, 0.2) is 0 Å². The van der Waals surface area contributed by atoms with Crippen molar-refractivity contribution in [2.75, 3.05) is 24.9 Å². The molecule has 0 saturated heterocycles. The average molecular weight is 999 g/mol. The van der Waals surface area contributed by atoms with Gasteiger partial charge < -0.3 is 48.9 Å². The summed E-state index contributed by atoms with van der Waals surface area (Å²) in [5.74, 6) is -0.551. The van der Waals surface area contributed by atoms with Crippen molar-refractivity contribution in [3.05, 3.63) is 83.9 Å². The third kappa shape index (κ3) is 12.9. The summed E-state index contributed by atoms with van der Waals surface area (Å²) < 4.78 is 97.8. The van der Waals surface area contributed by atoms with Crippen LogP contribution in [0.3, 0.4) is 0 Å². The molecular weight excluding hydrogens is 939 g/mol. The van der Waals surface area contributed by atoms with Crippen molar-refractivity contribution in [1.29, 1.82) is 0 Å². The Balaban J connectivity index is 0.000000229. The van der Waals surface area contributed by atoms with Crippen LogP contribution in [0.15, 0.2) is 72.8 Å². The van der Waals surface area contributed by atoms with Crippen LogP contribution in [0.5, 0.6) is 23.0 Å². The monoisotopic (exact) mass is 998 g/mol. The summed E-state index contributed by atoms with van der Waals surface area (Å²) in [6.45, 7) is 13.3. The molecule has 8 rings (SSSR count). The fraction of sp³-hybridized carbons (Fsp3) is 0.451. The zero-order valence-corrected chi connectivity index (χ0v) is 39.9. The number of aromatic nitrogens is 4. The van der Waals surface area contributed by atoms with Gasteiger partial charge in [0.05, 0.1) is 36.3 Å². The van der Waals surface area contributed by atoms with Crippen molar-refractivity contribution in [2.24, 2.45) is 22.7 Å². The van der Waals surface area contributed by atoms with Crippen molar-refractivity contribution in [1.82, 2.24) is 19.1 Å². The van der Waals surface area contributed by atoms with Crippen molar-refractivity contribution in [2.45, 2.75) is 112 Å². The number of ether oxygens (including phenoxy) is 4. The second kappa shape index (κ2) is 20.5. The highest BCUT2D eigenvalue weighted by Gasteiger charge is 2.37. The average Bonchev–Trinajstić information content (AvgIpc) is 3.77. The van der Waals surface area contributed by atoms with Crippen molar-refractivity contribution >= 4 is 57.3 Å². The number of alkyl halides is 6. The lowest BCUT2D eigenvalue weighted by atomic mass is 9.70. The molecule has 384 valence electrons. The number of nitrogens with one attached hydrogen (secondary N) is 2. The SMILES string of the molecule is C.COc1cc2c(cc1C(=O)O)nc(Nc1ccc(OC(F)(F)F)cc1)n2[C@@H]1C[C@H](C)CC(C)(C)C1.COc1cc2c(cc1C(=O)O)nc(Nc1ccc(OC(F)(F)F)cc1)n2[C@H]1C[C@@H](C)CC(C)(C)C1. The summed E-state index contributed by atoms with van der Waals surface area (Å²) in [6, 6.07) is 17.3. The first-order valence-electron chi connectivity index (χ1n) is 22.6. The molecule has 14 nitrogen and oxygen atoms in total. The summed E-state index contributed by atoms with van der Waals surface area (Å²) in [4.78, 5) is 32.8. The molecule has 0 radical (unpaired) electrons. The number of halogens is 6. The molecule has 0 aliphatic heterocycles. The Hall–Kier alpha value is -6.86. The first kappa shape index (κ1) is 53.5. The molecule has 2 aliphatic carbocycles. The molecule has 0 amide bonds. The lowest BCUT2D eigenvalue weighted by molar-refractivity contribution is -0.275. The van der Waals surface area contributed by atoms with Crippen molar-refractivity contribution < 1.29 is 65.1 Å². The van der Waals surface area contributed by atoms with E-state index >= 15 is 0 Å². The number of nitrogens with zero attached hydrogens (tertiary/aromatic N) is 4. The van der Waals surface area contributed by atoms with Gasteiger partial charge in [0, 0.05) is 35.6 Å². The fourth-order valence-corrected chi connectivity index (χ4v) is 10.6. The molecule has 0 bridgehead atoms. The summed E-state index contributed by atoms with van der Waals surface area (Å²) in [7, 11) is 2.84. The minimum absolute atomic E-state index is 0. The molecule has 2 fully saturated rings. The fourth-order valence-electron chi connectivity index (χ4n) is 10.6. The highest BCUT2D eigenvalue weighted by molar-refractivity contribution is 5.97. The first-order chi connectivity index (χ1) is 32.7. The second-order valence-electron chi connectivity index (χ2n) is 19.8. The number of aromatic carboxylic acids is 2. The van der Waals surface area contributed by atoms with E-state index < -0.39 is 24.7 Å². The summed E-state index contributed by atoms with van der Waals surface area (Å²) in [5, 5.41) is 25.6. The molecule has 2 saturated carbocycles. The van der Waals surface area contributed by atoms with Crippen molar-refractivity contribution in [3.8, 4) is 23.0 Å². The minimum atomic E-state index is -4.77. The molecule has 2 aliphatic rings. The third-order valence-corrected chi connectivity index (χ3v) is 12.6. The van der Waals surface area contributed by atoms with E-state index in [1.54, 1.807) is 12.1 Å². The van der Waals surface area contributed by atoms with Gasteiger partial charge in [-0.15, -0.1) is 26.3 Å².